The lowest BCUT2D eigenvalue weighted by molar-refractivity contribution is 0.0936. The molecule has 1 aliphatic carbocycles. The first-order chi connectivity index (χ1) is 9.66. The minimum atomic E-state index is -0.0449. The molecule has 2 aromatic rings. The summed E-state index contributed by atoms with van der Waals surface area (Å²) < 4.78 is 0. The van der Waals surface area contributed by atoms with Crippen LogP contribution < -0.4 is 11.1 Å². The molecule has 0 aliphatic heterocycles. The van der Waals surface area contributed by atoms with Crippen LogP contribution >= 0.6 is 0 Å². The second kappa shape index (κ2) is 5.00. The van der Waals surface area contributed by atoms with Gasteiger partial charge in [-0.2, -0.15) is 0 Å². The predicted octanol–water partition coefficient (Wildman–Crippen LogP) is 2.99. The zero-order valence-electron chi connectivity index (χ0n) is 11.5. The van der Waals surface area contributed by atoms with Crippen molar-refractivity contribution in [2.45, 2.75) is 25.8 Å². The van der Waals surface area contributed by atoms with E-state index in [-0.39, 0.29) is 11.9 Å². The second-order valence-corrected chi connectivity index (χ2v) is 5.28. The lowest BCUT2D eigenvalue weighted by Crippen LogP contribution is -2.27. The molecule has 3 rings (SSSR count). The van der Waals surface area contributed by atoms with Gasteiger partial charge in [-0.3, -0.25) is 4.79 Å². The predicted molar refractivity (Wildman–Crippen MR) is 80.6 cm³/mol. The van der Waals surface area contributed by atoms with Crippen LogP contribution in [0.3, 0.4) is 0 Å². The molecule has 1 amide bonds. The van der Waals surface area contributed by atoms with Crippen LogP contribution in [0.25, 0.3) is 0 Å². The normalized spacial score (nSPS) is 16.8. The van der Waals surface area contributed by atoms with E-state index in [2.05, 4.69) is 17.4 Å². The van der Waals surface area contributed by atoms with Gasteiger partial charge in [-0.15, -0.1) is 0 Å². The van der Waals surface area contributed by atoms with E-state index in [1.54, 1.807) is 0 Å². The fourth-order valence-corrected chi connectivity index (χ4v) is 2.84. The Kier molecular flexibility index (Phi) is 3.18. The molecular weight excluding hydrogens is 248 g/mol. The lowest BCUT2D eigenvalue weighted by atomic mass is 10.0. The zero-order valence-corrected chi connectivity index (χ0v) is 11.5. The van der Waals surface area contributed by atoms with E-state index >= 15 is 0 Å². The monoisotopic (exact) mass is 266 g/mol. The van der Waals surface area contributed by atoms with Crippen molar-refractivity contribution < 1.29 is 4.79 Å². The van der Waals surface area contributed by atoms with Gasteiger partial charge >= 0.3 is 0 Å². The van der Waals surface area contributed by atoms with Gasteiger partial charge in [0.2, 0.25) is 0 Å². The molecule has 0 fully saturated rings. The average Bonchev–Trinajstić information content (AvgIpc) is 2.85. The second-order valence-electron chi connectivity index (χ2n) is 5.28. The van der Waals surface area contributed by atoms with Crippen molar-refractivity contribution in [1.29, 1.82) is 0 Å². The van der Waals surface area contributed by atoms with Gasteiger partial charge in [0.1, 0.15) is 0 Å². The third kappa shape index (κ3) is 2.16. The maximum absolute atomic E-state index is 12.4. The van der Waals surface area contributed by atoms with E-state index in [0.29, 0.717) is 11.3 Å². The number of carbonyl (C=O) groups excluding carboxylic acids is 1. The summed E-state index contributed by atoms with van der Waals surface area (Å²) in [7, 11) is 0. The van der Waals surface area contributed by atoms with Crippen LogP contribution in [0.4, 0.5) is 5.69 Å². The Hall–Kier alpha value is -2.29. The maximum Gasteiger partial charge on any atom is 0.252 e. The Bertz CT molecular complexity index is 664. The minimum absolute atomic E-state index is 0.0449. The molecule has 0 aromatic heterocycles. The Labute approximate surface area is 118 Å². The number of nitrogens with one attached hydrogen (secondary N) is 1. The van der Waals surface area contributed by atoms with E-state index in [0.717, 1.165) is 18.4 Å². The van der Waals surface area contributed by atoms with E-state index in [4.69, 9.17) is 5.73 Å². The third-order valence-electron chi connectivity index (χ3n) is 4.06. The Morgan fingerprint density at radius 3 is 2.85 bits per heavy atom. The summed E-state index contributed by atoms with van der Waals surface area (Å²) in [4.78, 5) is 12.4. The molecule has 3 heteroatoms. The van der Waals surface area contributed by atoms with Crippen molar-refractivity contribution in [3.05, 3.63) is 64.7 Å². The minimum Gasteiger partial charge on any atom is -0.398 e. The van der Waals surface area contributed by atoms with E-state index in [1.807, 2.05) is 37.3 Å². The Morgan fingerprint density at radius 1 is 1.20 bits per heavy atom. The number of benzene rings is 2. The summed E-state index contributed by atoms with van der Waals surface area (Å²) in [6.45, 7) is 1.88. The summed E-state index contributed by atoms with van der Waals surface area (Å²) in [5.74, 6) is -0.0449. The van der Waals surface area contributed by atoms with Gasteiger partial charge in [0, 0.05) is 11.3 Å². The van der Waals surface area contributed by atoms with Crippen molar-refractivity contribution >= 4 is 11.6 Å². The number of hydrogen-bond acceptors (Lipinski definition) is 2. The fourth-order valence-electron chi connectivity index (χ4n) is 2.84. The number of amides is 1. The standard InChI is InChI=1S/C17H18N2O/c1-11-13(7-4-8-15(11)18)17(20)19-16-10-9-12-5-2-3-6-14(12)16/h2-8,16H,9-10,18H2,1H3,(H,19,20). The van der Waals surface area contributed by atoms with Gasteiger partial charge in [-0.25, -0.2) is 0 Å². The number of hydrogen-bond donors (Lipinski definition) is 2. The van der Waals surface area contributed by atoms with Gasteiger partial charge in [0.15, 0.2) is 0 Å². The van der Waals surface area contributed by atoms with E-state index < -0.39 is 0 Å². The number of anilines is 1. The highest BCUT2D eigenvalue weighted by atomic mass is 16.1. The molecule has 0 heterocycles. The quantitative estimate of drug-likeness (QED) is 0.821. The Morgan fingerprint density at radius 2 is 2.00 bits per heavy atom. The highest BCUT2D eigenvalue weighted by molar-refractivity contribution is 5.97. The first-order valence-electron chi connectivity index (χ1n) is 6.90. The molecular formula is C17H18N2O. The Balaban J connectivity index is 1.83. The molecule has 0 spiro atoms. The third-order valence-corrected chi connectivity index (χ3v) is 4.06. The molecule has 0 saturated carbocycles. The molecule has 1 atom stereocenters. The average molecular weight is 266 g/mol. The first kappa shape index (κ1) is 12.7. The van der Waals surface area contributed by atoms with E-state index in [1.165, 1.54) is 11.1 Å². The van der Waals surface area contributed by atoms with Gasteiger partial charge in [-0.05, 0) is 48.6 Å². The number of aryl methyl sites for hydroxylation is 1. The SMILES string of the molecule is Cc1c(N)cccc1C(=O)NC1CCc2ccccc21. The highest BCUT2D eigenvalue weighted by Gasteiger charge is 2.24. The van der Waals surface area contributed by atoms with Crippen molar-refractivity contribution in [2.75, 3.05) is 5.73 Å². The molecule has 102 valence electrons. The molecule has 20 heavy (non-hydrogen) atoms. The zero-order chi connectivity index (χ0) is 14.1. The number of nitrogen functional groups attached to an aromatic ring is 1. The molecule has 1 unspecified atom stereocenters. The molecule has 0 bridgehead atoms. The van der Waals surface area contributed by atoms with Crippen LogP contribution in [-0.2, 0) is 6.42 Å². The summed E-state index contributed by atoms with van der Waals surface area (Å²) in [5, 5.41) is 3.12. The molecule has 0 radical (unpaired) electrons. The lowest BCUT2D eigenvalue weighted by Gasteiger charge is -2.15. The van der Waals surface area contributed by atoms with Crippen LogP contribution in [0.15, 0.2) is 42.5 Å². The molecule has 1 aliphatic rings. The summed E-state index contributed by atoms with van der Waals surface area (Å²) >= 11 is 0. The summed E-state index contributed by atoms with van der Waals surface area (Å²) in [6.07, 6.45) is 1.99. The van der Waals surface area contributed by atoms with Crippen molar-refractivity contribution in [3.8, 4) is 0 Å². The van der Waals surface area contributed by atoms with Crippen LogP contribution in [-0.4, -0.2) is 5.91 Å². The van der Waals surface area contributed by atoms with Gasteiger partial charge in [0.05, 0.1) is 6.04 Å². The van der Waals surface area contributed by atoms with Crippen molar-refractivity contribution in [2.24, 2.45) is 0 Å². The highest BCUT2D eigenvalue weighted by Crippen LogP contribution is 2.31. The van der Waals surface area contributed by atoms with Gasteiger partial charge in [-0.1, -0.05) is 30.3 Å². The van der Waals surface area contributed by atoms with Gasteiger partial charge in [0.25, 0.3) is 5.91 Å². The van der Waals surface area contributed by atoms with Crippen LogP contribution in [0.5, 0.6) is 0 Å². The molecule has 3 N–H and O–H groups in total. The van der Waals surface area contributed by atoms with Gasteiger partial charge < -0.3 is 11.1 Å². The van der Waals surface area contributed by atoms with Crippen molar-refractivity contribution in [3.63, 3.8) is 0 Å². The molecule has 2 aromatic carbocycles. The van der Waals surface area contributed by atoms with Crippen molar-refractivity contribution in [1.82, 2.24) is 5.32 Å². The summed E-state index contributed by atoms with van der Waals surface area (Å²) in [5.41, 5.74) is 10.6. The van der Waals surface area contributed by atoms with Crippen LogP contribution in [0.2, 0.25) is 0 Å². The number of carbonyl (C=O) groups is 1. The number of rotatable bonds is 2. The fraction of sp³-hybridized carbons (Fsp3) is 0.235. The van der Waals surface area contributed by atoms with Crippen LogP contribution in [0, 0.1) is 6.92 Å². The topological polar surface area (TPSA) is 55.1 Å². The van der Waals surface area contributed by atoms with Crippen LogP contribution in [0.1, 0.15) is 39.5 Å². The number of fused-ring (bicyclic) bond motifs is 1. The molecule has 3 nitrogen and oxygen atoms in total. The largest absolute Gasteiger partial charge is 0.398 e. The number of nitrogens with two attached hydrogens (primary N) is 1. The maximum atomic E-state index is 12.4. The summed E-state index contributed by atoms with van der Waals surface area (Å²) in [6, 6.07) is 13.9. The smallest absolute Gasteiger partial charge is 0.252 e. The van der Waals surface area contributed by atoms with E-state index in [9.17, 15) is 4.79 Å². The first-order valence-corrected chi connectivity index (χ1v) is 6.90. The molecule has 0 saturated heterocycles.